The summed E-state index contributed by atoms with van der Waals surface area (Å²) in [6.07, 6.45) is 0.750. The summed E-state index contributed by atoms with van der Waals surface area (Å²) >= 11 is 1.75. The monoisotopic (exact) mass is 410 g/mol. The van der Waals surface area contributed by atoms with Crippen LogP contribution in [0.3, 0.4) is 0 Å². The second-order valence-corrected chi connectivity index (χ2v) is 7.63. The molecule has 1 aromatic carbocycles. The van der Waals surface area contributed by atoms with Crippen LogP contribution in [0.15, 0.2) is 24.3 Å². The summed E-state index contributed by atoms with van der Waals surface area (Å²) in [5, 5.41) is -0.0122. The molecule has 1 aliphatic heterocycles. The van der Waals surface area contributed by atoms with Crippen LogP contribution in [0.2, 0.25) is 0 Å². The number of hydrogen-bond acceptors (Lipinski definition) is 7. The quantitative estimate of drug-likeness (QED) is 0.409. The third kappa shape index (κ3) is 6.68. The van der Waals surface area contributed by atoms with Crippen LogP contribution in [0.25, 0.3) is 0 Å². The minimum absolute atomic E-state index is 0.0122. The summed E-state index contributed by atoms with van der Waals surface area (Å²) in [6.45, 7) is 4.30. The first-order valence-corrected chi connectivity index (χ1v) is 10.6. The Kier molecular flexibility index (Phi) is 9.60. The van der Waals surface area contributed by atoms with E-state index in [9.17, 15) is 9.59 Å². The molecule has 1 aromatic rings. The maximum atomic E-state index is 13.0. The molecule has 0 bridgehead atoms. The van der Waals surface area contributed by atoms with Crippen LogP contribution in [0, 0.1) is 0 Å². The van der Waals surface area contributed by atoms with Crippen LogP contribution in [0.1, 0.15) is 24.3 Å². The van der Waals surface area contributed by atoms with Gasteiger partial charge in [-0.2, -0.15) is 0 Å². The number of rotatable bonds is 11. The van der Waals surface area contributed by atoms with Gasteiger partial charge in [0.1, 0.15) is 11.1 Å². The summed E-state index contributed by atoms with van der Waals surface area (Å²) in [7, 11) is 3.28. The Balaban J connectivity index is 2.01. The Bertz CT molecular complexity index is 626. The van der Waals surface area contributed by atoms with Crippen molar-refractivity contribution < 1.29 is 23.8 Å². The number of amides is 1. The topological polar surface area (TPSA) is 68.3 Å². The minimum Gasteiger partial charge on any atom is -0.497 e. The van der Waals surface area contributed by atoms with Gasteiger partial charge in [-0.15, -0.1) is 11.8 Å². The maximum absolute atomic E-state index is 13.0. The smallest absolute Gasteiger partial charge is 0.320 e. The minimum atomic E-state index is -0.310. The van der Waals surface area contributed by atoms with Crippen molar-refractivity contribution in [2.24, 2.45) is 0 Å². The molecule has 0 N–H and O–H groups in total. The van der Waals surface area contributed by atoms with Gasteiger partial charge in [-0.05, 0) is 31.0 Å². The van der Waals surface area contributed by atoms with Crippen molar-refractivity contribution in [2.75, 3.05) is 59.4 Å². The Morgan fingerprint density at radius 3 is 2.61 bits per heavy atom. The molecule has 2 rings (SSSR count). The van der Waals surface area contributed by atoms with Crippen LogP contribution in [-0.4, -0.2) is 81.0 Å². The third-order valence-corrected chi connectivity index (χ3v) is 5.71. The fourth-order valence-electron chi connectivity index (χ4n) is 3.09. The molecule has 0 aliphatic carbocycles. The number of hydrogen-bond donors (Lipinski definition) is 0. The van der Waals surface area contributed by atoms with E-state index in [1.54, 1.807) is 32.9 Å². The van der Waals surface area contributed by atoms with Crippen molar-refractivity contribution in [2.45, 2.75) is 18.7 Å². The van der Waals surface area contributed by atoms with Crippen molar-refractivity contribution in [3.8, 4) is 5.75 Å². The lowest BCUT2D eigenvalue weighted by atomic mass is 10.2. The number of nitrogens with zero attached hydrogens (tertiary/aromatic N) is 2. The molecule has 1 aliphatic rings. The first-order chi connectivity index (χ1) is 13.6. The fraction of sp³-hybridized carbons (Fsp3) is 0.600. The van der Waals surface area contributed by atoms with Crippen molar-refractivity contribution in [1.29, 1.82) is 0 Å². The molecule has 1 heterocycles. The Morgan fingerprint density at radius 1 is 1.21 bits per heavy atom. The summed E-state index contributed by atoms with van der Waals surface area (Å²) in [6, 6.07) is 7.82. The first kappa shape index (κ1) is 22.5. The van der Waals surface area contributed by atoms with Gasteiger partial charge >= 0.3 is 5.97 Å². The highest BCUT2D eigenvalue weighted by Crippen LogP contribution is 2.38. The van der Waals surface area contributed by atoms with Gasteiger partial charge < -0.3 is 19.1 Å². The van der Waals surface area contributed by atoms with E-state index in [4.69, 9.17) is 14.2 Å². The Morgan fingerprint density at radius 2 is 1.96 bits per heavy atom. The van der Waals surface area contributed by atoms with Crippen LogP contribution >= 0.6 is 11.8 Å². The maximum Gasteiger partial charge on any atom is 0.320 e. The summed E-state index contributed by atoms with van der Waals surface area (Å²) in [4.78, 5) is 28.6. The number of ether oxygens (including phenoxy) is 3. The van der Waals surface area contributed by atoms with Crippen molar-refractivity contribution in [1.82, 2.24) is 9.80 Å². The lowest BCUT2D eigenvalue weighted by molar-refractivity contribution is -0.145. The lowest BCUT2D eigenvalue weighted by Gasteiger charge is -2.28. The first-order valence-electron chi connectivity index (χ1n) is 9.51. The molecule has 0 radical (unpaired) electrons. The molecule has 0 saturated carbocycles. The molecule has 1 amide bonds. The average Bonchev–Trinajstić information content (AvgIpc) is 3.18. The average molecular weight is 411 g/mol. The second kappa shape index (κ2) is 11.9. The molecule has 1 fully saturated rings. The molecule has 7 nitrogen and oxygen atoms in total. The van der Waals surface area contributed by atoms with E-state index in [-0.39, 0.29) is 30.3 Å². The van der Waals surface area contributed by atoms with E-state index < -0.39 is 0 Å². The van der Waals surface area contributed by atoms with E-state index >= 15 is 0 Å². The van der Waals surface area contributed by atoms with Gasteiger partial charge in [-0.3, -0.25) is 14.5 Å². The van der Waals surface area contributed by atoms with Gasteiger partial charge in [0, 0.05) is 32.6 Å². The highest BCUT2D eigenvalue weighted by atomic mass is 32.2. The highest BCUT2D eigenvalue weighted by Gasteiger charge is 2.31. The molecule has 1 unspecified atom stereocenters. The van der Waals surface area contributed by atoms with E-state index in [0.717, 1.165) is 23.5 Å². The highest BCUT2D eigenvalue weighted by molar-refractivity contribution is 7.99. The zero-order valence-electron chi connectivity index (χ0n) is 16.9. The molecular formula is C20H30N2O5S. The second-order valence-electron chi connectivity index (χ2n) is 6.45. The van der Waals surface area contributed by atoms with Crippen molar-refractivity contribution in [3.63, 3.8) is 0 Å². The van der Waals surface area contributed by atoms with E-state index in [1.807, 2.05) is 34.1 Å². The van der Waals surface area contributed by atoms with Crippen LogP contribution in [-0.2, 0) is 19.1 Å². The molecule has 156 valence electrons. The van der Waals surface area contributed by atoms with Gasteiger partial charge in [0.15, 0.2) is 0 Å². The van der Waals surface area contributed by atoms with Gasteiger partial charge in [-0.1, -0.05) is 12.1 Å². The predicted octanol–water partition coefficient (Wildman–Crippen LogP) is 2.17. The van der Waals surface area contributed by atoms with Crippen molar-refractivity contribution in [3.05, 3.63) is 29.8 Å². The SMILES string of the molecule is CCOC(=O)CN(CCCOC)CC(=O)N1CCSC1c1ccc(OC)cc1. The number of carbonyl (C=O) groups is 2. The van der Waals surface area contributed by atoms with Gasteiger partial charge in [0.25, 0.3) is 0 Å². The molecular weight excluding hydrogens is 380 g/mol. The number of carbonyl (C=O) groups excluding carboxylic acids is 2. The standard InChI is InChI=1S/C20H30N2O5S/c1-4-27-19(24)15-21(10-5-12-25-2)14-18(23)22-11-13-28-20(22)16-6-8-17(26-3)9-7-16/h6-9,20H,4-5,10-15H2,1-3H3. The molecule has 0 spiro atoms. The van der Waals surface area contributed by atoms with Crippen LogP contribution in [0.4, 0.5) is 0 Å². The zero-order chi connectivity index (χ0) is 20.4. The number of esters is 1. The normalized spacial score (nSPS) is 16.4. The number of methoxy groups -OCH3 is 2. The van der Waals surface area contributed by atoms with E-state index in [2.05, 4.69) is 0 Å². The fourth-order valence-corrected chi connectivity index (χ4v) is 4.37. The Hall–Kier alpha value is -1.77. The summed E-state index contributed by atoms with van der Waals surface area (Å²) in [5.74, 6) is 1.40. The third-order valence-electron chi connectivity index (χ3n) is 4.45. The van der Waals surface area contributed by atoms with Gasteiger partial charge in [0.05, 0.1) is 26.8 Å². The van der Waals surface area contributed by atoms with E-state index in [0.29, 0.717) is 26.3 Å². The predicted molar refractivity (Wildman–Crippen MR) is 109 cm³/mol. The molecule has 1 atom stereocenters. The van der Waals surface area contributed by atoms with Crippen LogP contribution < -0.4 is 4.74 Å². The van der Waals surface area contributed by atoms with Gasteiger partial charge in [-0.25, -0.2) is 0 Å². The summed E-state index contributed by atoms with van der Waals surface area (Å²) < 4.78 is 15.4. The van der Waals surface area contributed by atoms with Gasteiger partial charge in [0.2, 0.25) is 5.91 Å². The molecule has 0 aromatic heterocycles. The molecule has 8 heteroatoms. The molecule has 1 saturated heterocycles. The molecule has 28 heavy (non-hydrogen) atoms. The number of benzene rings is 1. The zero-order valence-corrected chi connectivity index (χ0v) is 17.7. The van der Waals surface area contributed by atoms with Crippen molar-refractivity contribution >= 4 is 23.6 Å². The summed E-state index contributed by atoms with van der Waals surface area (Å²) in [5.41, 5.74) is 1.08. The largest absolute Gasteiger partial charge is 0.497 e. The number of thioether (sulfide) groups is 1. The lowest BCUT2D eigenvalue weighted by Crippen LogP contribution is -2.42. The van der Waals surface area contributed by atoms with E-state index in [1.165, 1.54) is 0 Å². The Labute approximate surface area is 171 Å². The van der Waals surface area contributed by atoms with Crippen LogP contribution in [0.5, 0.6) is 5.75 Å².